The van der Waals surface area contributed by atoms with E-state index in [-0.39, 0.29) is 18.2 Å². The predicted octanol–water partition coefficient (Wildman–Crippen LogP) is 7.90. The molecular formula is C33H36O3S. The third-order valence-corrected chi connectivity index (χ3v) is 12.2. The lowest BCUT2D eigenvalue weighted by Crippen LogP contribution is -2.58. The minimum Gasteiger partial charge on any atom is -0.481 e. The van der Waals surface area contributed by atoms with E-state index >= 15 is 0 Å². The van der Waals surface area contributed by atoms with Gasteiger partial charge in [-0.15, -0.1) is 0 Å². The van der Waals surface area contributed by atoms with E-state index in [0.717, 1.165) is 28.7 Å². The molecule has 4 heteroatoms. The molecule has 4 saturated carbocycles. The molecule has 0 unspecified atom stereocenters. The van der Waals surface area contributed by atoms with E-state index in [1.807, 2.05) is 0 Å². The Morgan fingerprint density at radius 2 is 1.35 bits per heavy atom. The van der Waals surface area contributed by atoms with Gasteiger partial charge in [-0.25, -0.2) is 4.79 Å². The van der Waals surface area contributed by atoms with Crippen LogP contribution in [-0.4, -0.2) is 18.2 Å². The molecule has 0 radical (unpaired) electrons. The summed E-state index contributed by atoms with van der Waals surface area (Å²) in [6, 6.07) is 22.1. The highest BCUT2D eigenvalue weighted by atomic mass is 32.2. The summed E-state index contributed by atoms with van der Waals surface area (Å²) in [6.07, 6.45) is 6.31. The van der Waals surface area contributed by atoms with E-state index in [1.165, 1.54) is 57.9 Å². The van der Waals surface area contributed by atoms with Gasteiger partial charge < -0.3 is 9.47 Å². The zero-order valence-electron chi connectivity index (χ0n) is 22.0. The summed E-state index contributed by atoms with van der Waals surface area (Å²) in [4.78, 5) is 17.2. The van der Waals surface area contributed by atoms with Crippen LogP contribution >= 0.6 is 10.9 Å². The Bertz CT molecular complexity index is 1300. The smallest absolute Gasteiger partial charge is 0.344 e. The highest BCUT2D eigenvalue weighted by Crippen LogP contribution is 2.63. The molecule has 0 N–H and O–H groups in total. The molecule has 0 aromatic heterocycles. The summed E-state index contributed by atoms with van der Waals surface area (Å²) in [6.45, 7) is 6.37. The van der Waals surface area contributed by atoms with Crippen LogP contribution in [0.25, 0.3) is 11.1 Å². The fraction of sp³-hybridized carbons (Fsp3) is 0.424. The number of thiol groups is 1. The van der Waals surface area contributed by atoms with Gasteiger partial charge >= 0.3 is 5.97 Å². The number of benzene rings is 3. The maximum Gasteiger partial charge on any atom is 0.344 e. The van der Waals surface area contributed by atoms with Gasteiger partial charge in [-0.3, -0.25) is 0 Å². The molecule has 8 rings (SSSR count). The van der Waals surface area contributed by atoms with Gasteiger partial charge in [0.05, 0.1) is 0 Å². The van der Waals surface area contributed by atoms with Crippen LogP contribution in [0.1, 0.15) is 50.2 Å². The predicted molar refractivity (Wildman–Crippen MR) is 149 cm³/mol. The van der Waals surface area contributed by atoms with E-state index in [1.54, 1.807) is 0 Å². The van der Waals surface area contributed by atoms with Crippen LogP contribution in [0.5, 0.6) is 5.75 Å². The second-order valence-electron chi connectivity index (χ2n) is 12.0. The molecule has 4 aliphatic carbocycles. The number of fused-ring (bicyclic) bond motifs is 3. The van der Waals surface area contributed by atoms with Crippen LogP contribution in [0.3, 0.4) is 0 Å². The third kappa shape index (κ3) is 3.74. The monoisotopic (exact) mass is 512 g/mol. The quantitative estimate of drug-likeness (QED) is 0.218. The van der Waals surface area contributed by atoms with Crippen LogP contribution in [0, 0.1) is 37.5 Å². The SMILES string of the molecule is Cc1cc([SH]2c3ccccc3-c3ccccc32)cc(C)c1OCC(=O)OC1(C)C2CC3CC(C2)CC1C3. The van der Waals surface area contributed by atoms with Gasteiger partial charge in [0.2, 0.25) is 0 Å². The molecule has 0 saturated heterocycles. The molecule has 1 aliphatic heterocycles. The lowest BCUT2D eigenvalue weighted by atomic mass is 9.50. The van der Waals surface area contributed by atoms with E-state index in [4.69, 9.17) is 9.47 Å². The Kier molecular flexibility index (Phi) is 5.48. The number of rotatable bonds is 5. The van der Waals surface area contributed by atoms with E-state index in [2.05, 4.69) is 81.4 Å². The zero-order valence-corrected chi connectivity index (χ0v) is 22.9. The molecule has 4 bridgehead atoms. The zero-order chi connectivity index (χ0) is 25.3. The average Bonchev–Trinajstić information content (AvgIpc) is 3.21. The molecule has 0 spiro atoms. The molecule has 0 amide bonds. The summed E-state index contributed by atoms with van der Waals surface area (Å²) in [5.74, 6) is 3.35. The van der Waals surface area contributed by atoms with E-state index < -0.39 is 10.9 Å². The summed E-state index contributed by atoms with van der Waals surface area (Å²) in [5.41, 5.74) is 4.54. The molecule has 3 aromatic carbocycles. The number of hydrogen-bond donors (Lipinski definition) is 1. The largest absolute Gasteiger partial charge is 0.481 e. The maximum atomic E-state index is 13.0. The first-order chi connectivity index (χ1) is 17.9. The van der Waals surface area contributed by atoms with Crippen molar-refractivity contribution < 1.29 is 14.3 Å². The van der Waals surface area contributed by atoms with Crippen molar-refractivity contribution in [2.75, 3.05) is 6.61 Å². The second-order valence-corrected chi connectivity index (χ2v) is 14.2. The first-order valence-electron chi connectivity index (χ1n) is 13.8. The Morgan fingerprint density at radius 1 is 0.838 bits per heavy atom. The normalized spacial score (nSPS) is 29.6. The molecule has 5 aliphatic rings. The average molecular weight is 513 g/mol. The van der Waals surface area contributed by atoms with Gasteiger partial charge in [-0.2, -0.15) is 10.9 Å². The lowest BCUT2D eigenvalue weighted by Gasteiger charge is -2.59. The first-order valence-corrected chi connectivity index (χ1v) is 15.2. The first kappa shape index (κ1) is 23.4. The number of aryl methyl sites for hydroxylation is 2. The summed E-state index contributed by atoms with van der Waals surface area (Å²) < 4.78 is 12.4. The van der Waals surface area contributed by atoms with Gasteiger partial charge in [0, 0.05) is 9.79 Å². The number of esters is 1. The number of hydrogen-bond acceptors (Lipinski definition) is 3. The van der Waals surface area contributed by atoms with Gasteiger partial charge in [0.25, 0.3) is 0 Å². The highest BCUT2D eigenvalue weighted by Gasteiger charge is 2.57. The molecule has 1 heterocycles. The van der Waals surface area contributed by atoms with Crippen molar-refractivity contribution in [3.63, 3.8) is 0 Å². The van der Waals surface area contributed by atoms with Gasteiger partial charge in [-0.1, -0.05) is 36.4 Å². The topological polar surface area (TPSA) is 35.5 Å². The Labute approximate surface area is 222 Å². The van der Waals surface area contributed by atoms with Crippen molar-refractivity contribution in [3.05, 3.63) is 71.8 Å². The standard InChI is InChI=1S/C33H36O3S/c1-20-12-26(37-29-10-6-4-8-27(29)28-9-5-7-11-30(28)37)13-21(2)32(20)35-19-31(34)36-33(3)24-15-22-14-23(17-24)18-25(33)16-22/h4-13,22-25,37H,14-19H2,1-3H3. The van der Waals surface area contributed by atoms with Crippen molar-refractivity contribution in [3.8, 4) is 16.9 Å². The van der Waals surface area contributed by atoms with E-state index in [0.29, 0.717) is 11.8 Å². The van der Waals surface area contributed by atoms with E-state index in [9.17, 15) is 4.79 Å². The molecule has 3 aromatic rings. The lowest BCUT2D eigenvalue weighted by molar-refractivity contribution is -0.204. The molecule has 3 nitrogen and oxygen atoms in total. The molecule has 4 fully saturated rings. The minimum atomic E-state index is -0.610. The molecular weight excluding hydrogens is 476 g/mol. The minimum absolute atomic E-state index is 0.0245. The number of carbonyl (C=O) groups excluding carboxylic acids is 1. The van der Waals surface area contributed by atoms with Gasteiger partial charge in [-0.05, 0) is 128 Å². The Morgan fingerprint density at radius 3 is 1.89 bits per heavy atom. The van der Waals surface area contributed by atoms with Crippen molar-refractivity contribution in [2.24, 2.45) is 23.7 Å². The molecule has 192 valence electrons. The highest BCUT2D eigenvalue weighted by molar-refractivity contribution is 8.17. The van der Waals surface area contributed by atoms with Crippen molar-refractivity contribution in [1.29, 1.82) is 0 Å². The van der Waals surface area contributed by atoms with Crippen LogP contribution in [0.2, 0.25) is 0 Å². The Hall–Kier alpha value is -2.72. The van der Waals surface area contributed by atoms with Crippen LogP contribution in [0.4, 0.5) is 0 Å². The van der Waals surface area contributed by atoms with Gasteiger partial charge in [0.15, 0.2) is 6.61 Å². The van der Waals surface area contributed by atoms with Crippen molar-refractivity contribution >= 4 is 16.9 Å². The Balaban J connectivity index is 1.10. The summed E-state index contributed by atoms with van der Waals surface area (Å²) in [7, 11) is -0.610. The fourth-order valence-electron chi connectivity index (χ4n) is 8.18. The summed E-state index contributed by atoms with van der Waals surface area (Å²) in [5, 5.41) is 0. The van der Waals surface area contributed by atoms with Crippen molar-refractivity contribution in [1.82, 2.24) is 0 Å². The number of ether oxygens (including phenoxy) is 2. The van der Waals surface area contributed by atoms with Crippen LogP contribution in [0.15, 0.2) is 75.4 Å². The molecule has 0 atom stereocenters. The van der Waals surface area contributed by atoms with Crippen LogP contribution < -0.4 is 4.74 Å². The maximum absolute atomic E-state index is 13.0. The number of carbonyl (C=O) groups is 1. The summed E-state index contributed by atoms with van der Waals surface area (Å²) >= 11 is 0. The van der Waals surface area contributed by atoms with Crippen LogP contribution in [-0.2, 0) is 9.53 Å². The fourth-order valence-corrected chi connectivity index (χ4v) is 11.0. The van der Waals surface area contributed by atoms with Gasteiger partial charge in [0.1, 0.15) is 11.4 Å². The third-order valence-electron chi connectivity index (χ3n) is 9.71. The van der Waals surface area contributed by atoms with Crippen molar-refractivity contribution in [2.45, 2.75) is 73.2 Å². The molecule has 37 heavy (non-hydrogen) atoms. The second kappa shape index (κ2) is 8.66.